The van der Waals surface area contributed by atoms with Gasteiger partial charge >= 0.3 is 5.97 Å². The van der Waals surface area contributed by atoms with Gasteiger partial charge in [0.05, 0.1) is 17.7 Å². The molecule has 0 amide bonds. The van der Waals surface area contributed by atoms with Gasteiger partial charge in [-0.3, -0.25) is 9.78 Å². The molecule has 2 aromatic rings. The third-order valence-electron chi connectivity index (χ3n) is 3.37. The lowest BCUT2D eigenvalue weighted by molar-refractivity contribution is -0.143. The van der Waals surface area contributed by atoms with Crippen LogP contribution in [-0.2, 0) is 4.79 Å². The van der Waals surface area contributed by atoms with Crippen LogP contribution in [0.15, 0.2) is 36.5 Å². The average molecular weight is 259 g/mol. The van der Waals surface area contributed by atoms with Crippen LogP contribution in [0.4, 0.5) is 0 Å². The van der Waals surface area contributed by atoms with Crippen molar-refractivity contribution in [3.8, 4) is 0 Å². The van der Waals surface area contributed by atoms with E-state index in [2.05, 4.69) is 4.98 Å². The highest BCUT2D eigenvalue weighted by Crippen LogP contribution is 2.27. The van der Waals surface area contributed by atoms with Crippen molar-refractivity contribution >= 4 is 16.7 Å². The molecule has 0 fully saturated rings. The van der Waals surface area contributed by atoms with Crippen LogP contribution < -0.4 is 0 Å². The first-order valence-electron chi connectivity index (χ1n) is 6.38. The number of aromatic nitrogens is 1. The highest BCUT2D eigenvalue weighted by atomic mass is 16.4. The van der Waals surface area contributed by atoms with E-state index in [1.54, 1.807) is 6.20 Å². The maximum atomic E-state index is 11.0. The quantitative estimate of drug-likeness (QED) is 0.866. The van der Waals surface area contributed by atoms with Gasteiger partial charge in [0.2, 0.25) is 0 Å². The van der Waals surface area contributed by atoms with Crippen molar-refractivity contribution in [2.24, 2.45) is 5.92 Å². The molecular formula is C15H17NO3. The Hall–Kier alpha value is -1.94. The van der Waals surface area contributed by atoms with Crippen LogP contribution in [0.25, 0.3) is 10.8 Å². The van der Waals surface area contributed by atoms with E-state index in [0.29, 0.717) is 12.1 Å². The third kappa shape index (κ3) is 2.90. The Morgan fingerprint density at radius 1 is 1.32 bits per heavy atom. The second-order valence-corrected chi connectivity index (χ2v) is 4.61. The van der Waals surface area contributed by atoms with E-state index < -0.39 is 18.0 Å². The van der Waals surface area contributed by atoms with E-state index in [-0.39, 0.29) is 6.42 Å². The molecule has 1 heterocycles. The highest BCUT2D eigenvalue weighted by Gasteiger charge is 2.22. The van der Waals surface area contributed by atoms with Gasteiger partial charge in [0, 0.05) is 11.6 Å². The minimum absolute atomic E-state index is 0.187. The van der Waals surface area contributed by atoms with Gasteiger partial charge in [0.25, 0.3) is 0 Å². The number of carboxylic acids is 1. The number of hydrogen-bond acceptors (Lipinski definition) is 3. The summed E-state index contributed by atoms with van der Waals surface area (Å²) in [5, 5.41) is 21.2. The Bertz CT molecular complexity index is 577. The summed E-state index contributed by atoms with van der Waals surface area (Å²) in [4.78, 5) is 15.2. The van der Waals surface area contributed by atoms with Crippen molar-refractivity contribution in [3.05, 3.63) is 42.2 Å². The van der Waals surface area contributed by atoms with Crippen molar-refractivity contribution in [1.29, 1.82) is 0 Å². The van der Waals surface area contributed by atoms with E-state index in [0.717, 1.165) is 10.8 Å². The van der Waals surface area contributed by atoms with Crippen LogP contribution >= 0.6 is 0 Å². The van der Waals surface area contributed by atoms with E-state index in [1.165, 1.54) is 0 Å². The van der Waals surface area contributed by atoms with Gasteiger partial charge in [0.1, 0.15) is 0 Å². The molecule has 0 aliphatic heterocycles. The van der Waals surface area contributed by atoms with E-state index in [4.69, 9.17) is 5.11 Å². The number of hydrogen-bond donors (Lipinski definition) is 2. The van der Waals surface area contributed by atoms with Gasteiger partial charge < -0.3 is 10.2 Å². The maximum Gasteiger partial charge on any atom is 0.306 e. The first kappa shape index (κ1) is 13.5. The standard InChI is InChI=1S/C15H17NO3/c1-2-10(15(18)19)9-13(17)14-12-6-4-3-5-11(12)7-8-16-14/h3-8,10,13,17H,2,9H2,1H3,(H,18,19). The normalized spacial score (nSPS) is 14.2. The summed E-state index contributed by atoms with van der Waals surface area (Å²) in [6, 6.07) is 9.52. The fourth-order valence-corrected chi connectivity index (χ4v) is 2.23. The van der Waals surface area contributed by atoms with Crippen molar-refractivity contribution in [1.82, 2.24) is 4.98 Å². The van der Waals surface area contributed by atoms with Gasteiger partial charge in [-0.2, -0.15) is 0 Å². The number of benzene rings is 1. The maximum absolute atomic E-state index is 11.0. The SMILES string of the molecule is CCC(CC(O)c1nccc2ccccc12)C(=O)O. The first-order valence-corrected chi connectivity index (χ1v) is 6.38. The molecule has 19 heavy (non-hydrogen) atoms. The topological polar surface area (TPSA) is 70.4 Å². The molecule has 0 saturated carbocycles. The predicted molar refractivity (Wildman–Crippen MR) is 72.7 cm³/mol. The highest BCUT2D eigenvalue weighted by molar-refractivity contribution is 5.84. The van der Waals surface area contributed by atoms with Crippen LogP contribution in [0.1, 0.15) is 31.6 Å². The van der Waals surface area contributed by atoms with Crippen LogP contribution in [0.5, 0.6) is 0 Å². The van der Waals surface area contributed by atoms with Crippen LogP contribution in [-0.4, -0.2) is 21.2 Å². The minimum atomic E-state index is -0.873. The number of carbonyl (C=O) groups is 1. The van der Waals surface area contributed by atoms with Crippen molar-refractivity contribution in [2.75, 3.05) is 0 Å². The Morgan fingerprint density at radius 3 is 2.74 bits per heavy atom. The average Bonchev–Trinajstić information content (AvgIpc) is 2.43. The molecule has 0 radical (unpaired) electrons. The van der Waals surface area contributed by atoms with Crippen LogP contribution in [0.3, 0.4) is 0 Å². The second kappa shape index (κ2) is 5.80. The van der Waals surface area contributed by atoms with Crippen LogP contribution in [0, 0.1) is 5.92 Å². The molecule has 0 bridgehead atoms. The predicted octanol–water partition coefficient (Wildman–Crippen LogP) is 2.77. The number of aliphatic hydroxyl groups is 1. The molecule has 100 valence electrons. The lowest BCUT2D eigenvalue weighted by Crippen LogP contribution is -2.17. The minimum Gasteiger partial charge on any atom is -0.481 e. The van der Waals surface area contributed by atoms with Crippen LogP contribution in [0.2, 0.25) is 0 Å². The van der Waals surface area contributed by atoms with Crippen molar-refractivity contribution in [2.45, 2.75) is 25.9 Å². The van der Waals surface area contributed by atoms with Crippen molar-refractivity contribution in [3.63, 3.8) is 0 Å². The molecular weight excluding hydrogens is 242 g/mol. The van der Waals surface area contributed by atoms with Gasteiger partial charge in [-0.15, -0.1) is 0 Å². The fraction of sp³-hybridized carbons (Fsp3) is 0.333. The van der Waals surface area contributed by atoms with Gasteiger partial charge in [-0.1, -0.05) is 31.2 Å². The molecule has 4 nitrogen and oxygen atoms in total. The number of nitrogens with zero attached hydrogens (tertiary/aromatic N) is 1. The third-order valence-corrected chi connectivity index (χ3v) is 3.37. The molecule has 0 aliphatic carbocycles. The summed E-state index contributed by atoms with van der Waals surface area (Å²) in [6.07, 6.45) is 1.47. The Balaban J connectivity index is 2.31. The summed E-state index contributed by atoms with van der Waals surface area (Å²) in [6.45, 7) is 1.81. The second-order valence-electron chi connectivity index (χ2n) is 4.61. The van der Waals surface area contributed by atoms with E-state index in [9.17, 15) is 9.90 Å². The Morgan fingerprint density at radius 2 is 2.05 bits per heavy atom. The van der Waals surface area contributed by atoms with Gasteiger partial charge in [-0.25, -0.2) is 0 Å². The Kier molecular flexibility index (Phi) is 4.12. The largest absolute Gasteiger partial charge is 0.481 e. The number of aliphatic carboxylic acids is 1. The summed E-state index contributed by atoms with van der Waals surface area (Å²) < 4.78 is 0. The zero-order valence-corrected chi connectivity index (χ0v) is 10.8. The molecule has 4 heteroatoms. The van der Waals surface area contributed by atoms with Gasteiger partial charge in [-0.05, 0) is 24.3 Å². The molecule has 0 aliphatic rings. The fourth-order valence-electron chi connectivity index (χ4n) is 2.23. The molecule has 2 rings (SSSR count). The molecule has 0 spiro atoms. The zero-order valence-electron chi connectivity index (χ0n) is 10.8. The molecule has 2 N–H and O–H groups in total. The lowest BCUT2D eigenvalue weighted by atomic mass is 9.95. The summed E-state index contributed by atoms with van der Waals surface area (Å²) in [5.41, 5.74) is 0.554. The first-order chi connectivity index (χ1) is 9.13. The number of carboxylic acid groups (broad SMARTS) is 1. The summed E-state index contributed by atoms with van der Waals surface area (Å²) in [7, 11) is 0. The Labute approximate surface area is 111 Å². The molecule has 1 aromatic heterocycles. The van der Waals surface area contributed by atoms with E-state index in [1.807, 2.05) is 37.3 Å². The lowest BCUT2D eigenvalue weighted by Gasteiger charge is -2.16. The molecule has 2 unspecified atom stereocenters. The molecule has 2 atom stereocenters. The number of pyridine rings is 1. The molecule has 1 aromatic carbocycles. The van der Waals surface area contributed by atoms with E-state index >= 15 is 0 Å². The molecule has 0 saturated heterocycles. The smallest absolute Gasteiger partial charge is 0.306 e. The zero-order chi connectivity index (χ0) is 13.8. The monoisotopic (exact) mass is 259 g/mol. The summed E-state index contributed by atoms with van der Waals surface area (Å²) >= 11 is 0. The van der Waals surface area contributed by atoms with Crippen molar-refractivity contribution < 1.29 is 15.0 Å². The summed E-state index contributed by atoms with van der Waals surface area (Å²) in [5.74, 6) is -1.42. The number of fused-ring (bicyclic) bond motifs is 1. The number of rotatable bonds is 5. The van der Waals surface area contributed by atoms with Gasteiger partial charge in [0.15, 0.2) is 0 Å². The number of aliphatic hydroxyl groups excluding tert-OH is 1.